The fraction of sp³-hybridized carbons (Fsp3) is 0.400. The molecule has 1 heterocycles. The smallest absolute Gasteiger partial charge is 0.224 e. The summed E-state index contributed by atoms with van der Waals surface area (Å²) in [4.78, 5) is 7.94. The van der Waals surface area contributed by atoms with Gasteiger partial charge in [0, 0.05) is 24.7 Å². The van der Waals surface area contributed by atoms with Gasteiger partial charge in [-0.15, -0.1) is 11.8 Å². The third-order valence-electron chi connectivity index (χ3n) is 1.66. The number of nitrogens with one attached hydrogen (secondary N) is 1. The minimum Gasteiger partial charge on any atom is -0.369 e. The van der Waals surface area contributed by atoms with Gasteiger partial charge in [-0.3, -0.25) is 0 Å². The number of nitrogens with zero attached hydrogens (tertiary/aromatic N) is 2. The van der Waals surface area contributed by atoms with E-state index in [1.807, 2.05) is 13.8 Å². The number of aromatic nitrogens is 2. The molecule has 0 spiro atoms. The first-order valence-corrected chi connectivity index (χ1v) is 4.74. The quantitative estimate of drug-likeness (QED) is 0.472. The maximum Gasteiger partial charge on any atom is 0.224 e. The summed E-state index contributed by atoms with van der Waals surface area (Å²) in [5.41, 5.74) is 0.985. The Morgan fingerprint density at radius 1 is 1.57 bits per heavy atom. The molecule has 0 unspecified atom stereocenters. The normalized spacial score (nSPS) is 9.07. The second-order valence-corrected chi connectivity index (χ2v) is 3.11. The van der Waals surface area contributed by atoms with Crippen LogP contribution >= 0.6 is 11.6 Å². The Balaban J connectivity index is 2.56. The van der Waals surface area contributed by atoms with Crippen LogP contribution in [0.4, 0.5) is 5.82 Å². The number of halogens is 1. The maximum atomic E-state index is 5.67. The molecule has 0 fully saturated rings. The Bertz CT molecular complexity index is 365. The average Bonchev–Trinajstić information content (AvgIpc) is 2.18. The van der Waals surface area contributed by atoms with Gasteiger partial charge in [-0.1, -0.05) is 0 Å². The molecule has 0 amide bonds. The fourth-order valence-corrected chi connectivity index (χ4v) is 1.10. The summed E-state index contributed by atoms with van der Waals surface area (Å²) in [7, 11) is 0. The van der Waals surface area contributed by atoms with E-state index in [1.54, 1.807) is 6.20 Å². The first-order valence-electron chi connectivity index (χ1n) is 4.36. The third-order valence-corrected chi connectivity index (χ3v) is 1.84. The van der Waals surface area contributed by atoms with Crippen molar-refractivity contribution in [2.75, 3.05) is 11.9 Å². The molecule has 0 atom stereocenters. The molecule has 74 valence electrons. The largest absolute Gasteiger partial charge is 0.369 e. The van der Waals surface area contributed by atoms with E-state index in [-0.39, 0.29) is 5.28 Å². The molecule has 1 N–H and O–H groups in total. The van der Waals surface area contributed by atoms with Crippen molar-refractivity contribution < 1.29 is 0 Å². The van der Waals surface area contributed by atoms with Gasteiger partial charge in [0.2, 0.25) is 5.28 Å². The molecule has 3 nitrogen and oxygen atoms in total. The van der Waals surface area contributed by atoms with E-state index in [9.17, 15) is 0 Å². The molecule has 1 aromatic rings. The standard InChI is InChI=1S/C10H12ClN3/c1-3-4-5-6-12-9-8(2)7-13-10(11)14-9/h7H,5-6H2,1-2H3,(H,12,13,14). The molecule has 0 aliphatic rings. The predicted molar refractivity (Wildman–Crippen MR) is 58.3 cm³/mol. The Morgan fingerprint density at radius 2 is 2.36 bits per heavy atom. The average molecular weight is 210 g/mol. The highest BCUT2D eigenvalue weighted by Crippen LogP contribution is 2.11. The SMILES string of the molecule is CC#CCCNc1nc(Cl)ncc1C. The molecular formula is C10H12ClN3. The van der Waals surface area contributed by atoms with Crippen LogP contribution in [0, 0.1) is 18.8 Å². The summed E-state index contributed by atoms with van der Waals surface area (Å²) in [6.45, 7) is 4.53. The lowest BCUT2D eigenvalue weighted by Gasteiger charge is -2.05. The molecule has 4 heteroatoms. The van der Waals surface area contributed by atoms with Crippen molar-refractivity contribution in [3.05, 3.63) is 17.0 Å². The van der Waals surface area contributed by atoms with E-state index in [2.05, 4.69) is 27.1 Å². The Kier molecular flexibility index (Phi) is 4.21. The van der Waals surface area contributed by atoms with Crippen molar-refractivity contribution in [3.63, 3.8) is 0 Å². The van der Waals surface area contributed by atoms with Gasteiger partial charge in [-0.25, -0.2) is 9.97 Å². The monoisotopic (exact) mass is 209 g/mol. The van der Waals surface area contributed by atoms with Crippen LogP contribution in [0.25, 0.3) is 0 Å². The van der Waals surface area contributed by atoms with Crippen LogP contribution in [0.5, 0.6) is 0 Å². The lowest BCUT2D eigenvalue weighted by atomic mass is 10.3. The molecule has 1 aromatic heterocycles. The van der Waals surface area contributed by atoms with E-state index in [0.717, 1.165) is 24.3 Å². The van der Waals surface area contributed by atoms with Crippen molar-refractivity contribution in [2.45, 2.75) is 20.3 Å². The zero-order valence-electron chi connectivity index (χ0n) is 8.26. The Hall–Kier alpha value is -1.27. The van der Waals surface area contributed by atoms with Crippen LogP contribution in [0.1, 0.15) is 18.9 Å². The molecule has 1 rings (SSSR count). The zero-order valence-corrected chi connectivity index (χ0v) is 9.02. The molecule has 0 aromatic carbocycles. The van der Waals surface area contributed by atoms with Gasteiger partial charge in [0.25, 0.3) is 0 Å². The molecular weight excluding hydrogens is 198 g/mol. The fourth-order valence-electron chi connectivity index (χ4n) is 0.968. The highest BCUT2D eigenvalue weighted by molar-refractivity contribution is 6.28. The van der Waals surface area contributed by atoms with Crippen molar-refractivity contribution in [1.29, 1.82) is 0 Å². The van der Waals surface area contributed by atoms with E-state index in [0.29, 0.717) is 0 Å². The number of hydrogen-bond acceptors (Lipinski definition) is 3. The van der Waals surface area contributed by atoms with Crippen molar-refractivity contribution in [2.24, 2.45) is 0 Å². The highest BCUT2D eigenvalue weighted by Gasteiger charge is 2.00. The van der Waals surface area contributed by atoms with Crippen LogP contribution < -0.4 is 5.32 Å². The van der Waals surface area contributed by atoms with Crippen LogP contribution in [0.15, 0.2) is 6.20 Å². The second-order valence-electron chi connectivity index (χ2n) is 2.77. The number of rotatable bonds is 3. The van der Waals surface area contributed by atoms with Crippen LogP contribution in [0.3, 0.4) is 0 Å². The zero-order chi connectivity index (χ0) is 10.4. The topological polar surface area (TPSA) is 37.8 Å². The van der Waals surface area contributed by atoms with E-state index in [4.69, 9.17) is 11.6 Å². The predicted octanol–water partition coefficient (Wildman–Crippen LogP) is 2.26. The molecule has 0 saturated carbocycles. The van der Waals surface area contributed by atoms with E-state index in [1.165, 1.54) is 0 Å². The van der Waals surface area contributed by atoms with Gasteiger partial charge in [-0.2, -0.15) is 0 Å². The lowest BCUT2D eigenvalue weighted by Crippen LogP contribution is -2.04. The summed E-state index contributed by atoms with van der Waals surface area (Å²) in [5, 5.41) is 3.41. The summed E-state index contributed by atoms with van der Waals surface area (Å²) in [6.07, 6.45) is 2.50. The van der Waals surface area contributed by atoms with E-state index >= 15 is 0 Å². The maximum absolute atomic E-state index is 5.67. The third kappa shape index (κ3) is 3.23. The van der Waals surface area contributed by atoms with Gasteiger partial charge in [0.15, 0.2) is 0 Å². The molecule has 14 heavy (non-hydrogen) atoms. The summed E-state index contributed by atoms with van der Waals surface area (Å²) in [6, 6.07) is 0. The van der Waals surface area contributed by atoms with Gasteiger partial charge in [0.1, 0.15) is 5.82 Å². The molecule has 0 aliphatic carbocycles. The van der Waals surface area contributed by atoms with Crippen molar-refractivity contribution in [3.8, 4) is 11.8 Å². The Labute approximate surface area is 88.9 Å². The second kappa shape index (κ2) is 5.46. The summed E-state index contributed by atoms with van der Waals surface area (Å²) < 4.78 is 0. The van der Waals surface area contributed by atoms with Gasteiger partial charge in [0.05, 0.1) is 0 Å². The number of hydrogen-bond donors (Lipinski definition) is 1. The van der Waals surface area contributed by atoms with Crippen molar-refractivity contribution in [1.82, 2.24) is 9.97 Å². The highest BCUT2D eigenvalue weighted by atomic mass is 35.5. The molecule has 0 bridgehead atoms. The van der Waals surface area contributed by atoms with Gasteiger partial charge >= 0.3 is 0 Å². The minimum absolute atomic E-state index is 0.264. The first kappa shape index (κ1) is 10.8. The Morgan fingerprint density at radius 3 is 3.07 bits per heavy atom. The van der Waals surface area contributed by atoms with Crippen molar-refractivity contribution >= 4 is 17.4 Å². The lowest BCUT2D eigenvalue weighted by molar-refractivity contribution is 1.04. The van der Waals surface area contributed by atoms with E-state index < -0.39 is 0 Å². The van der Waals surface area contributed by atoms with Crippen LogP contribution in [0.2, 0.25) is 5.28 Å². The first-order chi connectivity index (χ1) is 6.74. The minimum atomic E-state index is 0.264. The van der Waals surface area contributed by atoms with Crippen LogP contribution in [-0.4, -0.2) is 16.5 Å². The number of aryl methyl sites for hydroxylation is 1. The van der Waals surface area contributed by atoms with Gasteiger partial charge in [-0.05, 0) is 25.4 Å². The molecule has 0 aliphatic heterocycles. The van der Waals surface area contributed by atoms with Crippen LogP contribution in [-0.2, 0) is 0 Å². The molecule has 0 saturated heterocycles. The van der Waals surface area contributed by atoms with Gasteiger partial charge < -0.3 is 5.32 Å². The number of anilines is 1. The summed E-state index contributed by atoms with van der Waals surface area (Å²) >= 11 is 5.67. The molecule has 0 radical (unpaired) electrons. The summed E-state index contributed by atoms with van der Waals surface area (Å²) in [5.74, 6) is 6.58.